The summed E-state index contributed by atoms with van der Waals surface area (Å²) in [6.45, 7) is 4.48. The van der Waals surface area contributed by atoms with Crippen molar-refractivity contribution < 1.29 is 0 Å². The van der Waals surface area contributed by atoms with Crippen LogP contribution in [0, 0.1) is 5.92 Å². The molecule has 3 aromatic rings. The van der Waals surface area contributed by atoms with Crippen molar-refractivity contribution in [2.24, 2.45) is 10.9 Å². The lowest BCUT2D eigenvalue weighted by Crippen LogP contribution is -2.05. The van der Waals surface area contributed by atoms with Crippen molar-refractivity contribution >= 4 is 23.2 Å². The number of aliphatic imine (C=N–C) groups is 1. The summed E-state index contributed by atoms with van der Waals surface area (Å²) in [5.41, 5.74) is 4.52. The van der Waals surface area contributed by atoms with Crippen LogP contribution in [0.2, 0.25) is 0 Å². The van der Waals surface area contributed by atoms with Crippen LogP contribution in [0.15, 0.2) is 69.6 Å². The molecule has 4 rings (SSSR count). The minimum Gasteiger partial charge on any atom is -0.345 e. The number of hydrogen-bond donors (Lipinski definition) is 1. The van der Waals surface area contributed by atoms with Crippen LogP contribution in [0.4, 0.5) is 5.69 Å². The summed E-state index contributed by atoms with van der Waals surface area (Å²) < 4.78 is 0. The van der Waals surface area contributed by atoms with Gasteiger partial charge in [0.15, 0.2) is 0 Å². The highest BCUT2D eigenvalue weighted by atomic mass is 32.2. The van der Waals surface area contributed by atoms with Crippen molar-refractivity contribution in [3.8, 4) is 11.4 Å². The molecule has 0 spiro atoms. The molecule has 3 nitrogen and oxygen atoms in total. The highest BCUT2D eigenvalue weighted by Crippen LogP contribution is 2.42. The molecule has 4 heteroatoms. The highest BCUT2D eigenvalue weighted by Gasteiger charge is 2.18. The van der Waals surface area contributed by atoms with E-state index in [0.717, 1.165) is 23.5 Å². The Bertz CT molecular complexity index is 895. The van der Waals surface area contributed by atoms with Crippen molar-refractivity contribution in [1.82, 2.24) is 9.97 Å². The molecule has 0 unspecified atom stereocenters. The van der Waals surface area contributed by atoms with E-state index >= 15 is 0 Å². The van der Waals surface area contributed by atoms with Crippen molar-refractivity contribution in [3.05, 3.63) is 60.4 Å². The Morgan fingerprint density at radius 3 is 2.75 bits per heavy atom. The lowest BCUT2D eigenvalue weighted by atomic mass is 10.00. The van der Waals surface area contributed by atoms with Crippen molar-refractivity contribution in [2.75, 3.05) is 0 Å². The lowest BCUT2D eigenvalue weighted by molar-refractivity contribution is 0.684. The molecule has 2 heterocycles. The molecule has 2 aromatic carbocycles. The number of nitrogens with zero attached hydrogens (tertiary/aromatic N) is 2. The van der Waals surface area contributed by atoms with Crippen molar-refractivity contribution in [2.45, 2.75) is 30.1 Å². The third-order valence-corrected chi connectivity index (χ3v) is 5.15. The molecule has 0 fully saturated rings. The van der Waals surface area contributed by atoms with Gasteiger partial charge in [-0.25, -0.2) is 4.98 Å². The third-order valence-electron chi connectivity index (χ3n) is 4.01. The van der Waals surface area contributed by atoms with E-state index in [4.69, 9.17) is 4.99 Å². The molecule has 0 saturated carbocycles. The Kier molecular flexibility index (Phi) is 3.98. The van der Waals surface area contributed by atoms with Gasteiger partial charge in [-0.2, -0.15) is 0 Å². The molecule has 1 N–H and O–H groups in total. The second kappa shape index (κ2) is 6.29. The van der Waals surface area contributed by atoms with Gasteiger partial charge in [-0.15, -0.1) is 0 Å². The van der Waals surface area contributed by atoms with E-state index in [1.807, 2.05) is 6.20 Å². The van der Waals surface area contributed by atoms with E-state index in [1.54, 1.807) is 18.0 Å². The highest BCUT2D eigenvalue weighted by molar-refractivity contribution is 7.99. The second-order valence-corrected chi connectivity index (χ2v) is 7.46. The smallest absolute Gasteiger partial charge is 0.137 e. The molecule has 0 radical (unpaired) electrons. The van der Waals surface area contributed by atoms with Crippen LogP contribution < -0.4 is 0 Å². The molecule has 0 aliphatic carbocycles. The molecule has 0 bridgehead atoms. The van der Waals surface area contributed by atoms with Gasteiger partial charge in [0, 0.05) is 39.0 Å². The third kappa shape index (κ3) is 2.89. The van der Waals surface area contributed by atoms with Crippen molar-refractivity contribution in [1.29, 1.82) is 0 Å². The topological polar surface area (TPSA) is 41.0 Å². The number of H-pyrrole nitrogens is 1. The standard InChI is InChI=1S/C20H19N3S/c1-13(2)11-16-15-5-3-4-6-18(15)24-19-8-7-14(12-17(19)23-16)20-21-9-10-22-20/h3-10,12-13H,11H2,1-2H3,(H,21,22). The zero-order chi connectivity index (χ0) is 16.5. The zero-order valence-electron chi connectivity index (χ0n) is 13.8. The Morgan fingerprint density at radius 2 is 1.96 bits per heavy atom. The van der Waals surface area contributed by atoms with Gasteiger partial charge in [0.05, 0.1) is 5.69 Å². The number of hydrogen-bond acceptors (Lipinski definition) is 3. The molecule has 1 aliphatic rings. The minimum atomic E-state index is 0.566. The number of rotatable bonds is 3. The molecule has 0 saturated heterocycles. The van der Waals surface area contributed by atoms with Gasteiger partial charge < -0.3 is 4.98 Å². The molecular formula is C20H19N3S. The predicted octanol–water partition coefficient (Wildman–Crippen LogP) is 5.71. The number of aromatic amines is 1. The lowest BCUT2D eigenvalue weighted by Gasteiger charge is -2.10. The summed E-state index contributed by atoms with van der Waals surface area (Å²) in [6.07, 6.45) is 4.60. The van der Waals surface area contributed by atoms with Gasteiger partial charge in [0.2, 0.25) is 0 Å². The maximum Gasteiger partial charge on any atom is 0.137 e. The van der Waals surface area contributed by atoms with Gasteiger partial charge in [0.25, 0.3) is 0 Å². The molecule has 1 aliphatic heterocycles. The van der Waals surface area contributed by atoms with Crippen LogP contribution in [0.3, 0.4) is 0 Å². The molecule has 0 amide bonds. The Morgan fingerprint density at radius 1 is 1.08 bits per heavy atom. The van der Waals surface area contributed by atoms with Gasteiger partial charge in [-0.1, -0.05) is 43.8 Å². The fraction of sp³-hybridized carbons (Fsp3) is 0.200. The van der Waals surface area contributed by atoms with E-state index < -0.39 is 0 Å². The van der Waals surface area contributed by atoms with Crippen LogP contribution >= 0.6 is 11.8 Å². The second-order valence-electron chi connectivity index (χ2n) is 6.37. The zero-order valence-corrected chi connectivity index (χ0v) is 14.6. The van der Waals surface area contributed by atoms with E-state index in [0.29, 0.717) is 5.92 Å². The van der Waals surface area contributed by atoms with E-state index in [1.165, 1.54) is 21.1 Å². The first kappa shape index (κ1) is 15.2. The normalized spacial score (nSPS) is 13.2. The monoisotopic (exact) mass is 333 g/mol. The number of aromatic nitrogens is 2. The summed E-state index contributed by atoms with van der Waals surface area (Å²) in [5.74, 6) is 1.45. The quantitative estimate of drug-likeness (QED) is 0.667. The van der Waals surface area contributed by atoms with E-state index in [9.17, 15) is 0 Å². The molecule has 120 valence electrons. The maximum absolute atomic E-state index is 5.05. The average Bonchev–Trinajstić information content (AvgIpc) is 3.05. The Labute approximate surface area is 146 Å². The molecule has 0 atom stereocenters. The van der Waals surface area contributed by atoms with Crippen LogP contribution in [0.5, 0.6) is 0 Å². The molecule has 24 heavy (non-hydrogen) atoms. The van der Waals surface area contributed by atoms with Gasteiger partial charge in [-0.3, -0.25) is 4.99 Å². The van der Waals surface area contributed by atoms with Crippen LogP contribution in [0.1, 0.15) is 25.8 Å². The minimum absolute atomic E-state index is 0.566. The first-order chi connectivity index (χ1) is 11.7. The molecular weight excluding hydrogens is 314 g/mol. The van der Waals surface area contributed by atoms with Crippen LogP contribution in [0.25, 0.3) is 11.4 Å². The summed E-state index contributed by atoms with van der Waals surface area (Å²) in [6, 6.07) is 15.0. The SMILES string of the molecule is CC(C)CC1=Nc2cc(-c3ncc[nH]3)ccc2Sc2ccccc21. The van der Waals surface area contributed by atoms with Gasteiger partial charge in [0.1, 0.15) is 5.82 Å². The Balaban J connectivity index is 1.86. The van der Waals surface area contributed by atoms with Crippen molar-refractivity contribution in [3.63, 3.8) is 0 Å². The van der Waals surface area contributed by atoms with Crippen LogP contribution in [-0.4, -0.2) is 15.7 Å². The van der Waals surface area contributed by atoms with E-state index in [-0.39, 0.29) is 0 Å². The van der Waals surface area contributed by atoms with Crippen LogP contribution in [-0.2, 0) is 0 Å². The summed E-state index contributed by atoms with van der Waals surface area (Å²) >= 11 is 1.79. The summed E-state index contributed by atoms with van der Waals surface area (Å²) in [4.78, 5) is 15.0. The fourth-order valence-electron chi connectivity index (χ4n) is 2.92. The van der Waals surface area contributed by atoms with E-state index in [2.05, 4.69) is 66.3 Å². The first-order valence-corrected chi connectivity index (χ1v) is 9.01. The molecule has 1 aromatic heterocycles. The number of nitrogens with one attached hydrogen (secondary N) is 1. The largest absolute Gasteiger partial charge is 0.345 e. The summed E-state index contributed by atoms with van der Waals surface area (Å²) in [5, 5.41) is 0. The number of benzene rings is 2. The van der Waals surface area contributed by atoms with Gasteiger partial charge in [-0.05, 0) is 36.6 Å². The fourth-order valence-corrected chi connectivity index (χ4v) is 3.95. The number of imidazole rings is 1. The predicted molar refractivity (Wildman–Crippen MR) is 100 cm³/mol. The van der Waals surface area contributed by atoms with Gasteiger partial charge >= 0.3 is 0 Å². The maximum atomic E-state index is 5.05. The first-order valence-electron chi connectivity index (χ1n) is 8.19. The Hall–Kier alpha value is -2.33. The summed E-state index contributed by atoms with van der Waals surface area (Å²) in [7, 11) is 0. The number of fused-ring (bicyclic) bond motifs is 2. The average molecular weight is 333 g/mol.